The average molecular weight is 388 g/mol. The minimum Gasteiger partial charge on any atom is -0.467 e. The van der Waals surface area contributed by atoms with Crippen LogP contribution >= 0.6 is 0 Å². The summed E-state index contributed by atoms with van der Waals surface area (Å²) in [4.78, 5) is 47.6. The highest BCUT2D eigenvalue weighted by Crippen LogP contribution is 2.11. The van der Waals surface area contributed by atoms with Crippen molar-refractivity contribution in [3.05, 3.63) is 0 Å². The fourth-order valence-electron chi connectivity index (χ4n) is 1.98. The molecule has 0 aliphatic carbocycles. The molecule has 2 unspecified atom stereocenters. The van der Waals surface area contributed by atoms with Gasteiger partial charge in [0.2, 0.25) is 5.91 Å². The first-order valence-corrected chi connectivity index (χ1v) is 8.72. The summed E-state index contributed by atoms with van der Waals surface area (Å²) < 4.78 is 14.9. The van der Waals surface area contributed by atoms with E-state index in [4.69, 9.17) is 15.2 Å². The largest absolute Gasteiger partial charge is 0.467 e. The number of amides is 1. The van der Waals surface area contributed by atoms with E-state index in [1.54, 1.807) is 41.5 Å². The van der Waals surface area contributed by atoms with Gasteiger partial charge in [-0.3, -0.25) is 14.4 Å². The maximum Gasteiger partial charge on any atom is 0.328 e. The normalized spacial score (nSPS) is 13.9. The SMILES string of the molecule is COC(=O)C(CCC(=O)OC(C)(C)C)NC(=O)C(N)CC(=O)OC(C)(C)C. The van der Waals surface area contributed by atoms with Gasteiger partial charge in [0.15, 0.2) is 0 Å². The molecule has 0 fully saturated rings. The van der Waals surface area contributed by atoms with Crippen LogP contribution in [0.1, 0.15) is 60.8 Å². The summed E-state index contributed by atoms with van der Waals surface area (Å²) in [5.74, 6) is -2.59. The number of hydrogen-bond donors (Lipinski definition) is 2. The van der Waals surface area contributed by atoms with Crippen LogP contribution in [-0.2, 0) is 33.4 Å². The molecule has 9 heteroatoms. The van der Waals surface area contributed by atoms with Crippen molar-refractivity contribution in [1.82, 2.24) is 5.32 Å². The second kappa shape index (κ2) is 10.2. The molecular formula is C18H32N2O7. The summed E-state index contributed by atoms with van der Waals surface area (Å²) in [6.07, 6.45) is -0.464. The van der Waals surface area contributed by atoms with Crippen molar-refractivity contribution < 1.29 is 33.4 Å². The maximum absolute atomic E-state index is 12.2. The van der Waals surface area contributed by atoms with Crippen LogP contribution in [0.15, 0.2) is 0 Å². The van der Waals surface area contributed by atoms with Crippen molar-refractivity contribution in [3.63, 3.8) is 0 Å². The Kier molecular flexibility index (Phi) is 9.43. The Labute approximate surface area is 160 Å². The van der Waals surface area contributed by atoms with E-state index in [0.717, 1.165) is 7.11 Å². The highest BCUT2D eigenvalue weighted by atomic mass is 16.6. The van der Waals surface area contributed by atoms with Crippen LogP contribution < -0.4 is 11.1 Å². The molecule has 0 radical (unpaired) electrons. The lowest BCUT2D eigenvalue weighted by atomic mass is 10.1. The molecule has 0 aromatic carbocycles. The van der Waals surface area contributed by atoms with Crippen LogP contribution in [0.5, 0.6) is 0 Å². The molecule has 0 heterocycles. The summed E-state index contributed by atoms with van der Waals surface area (Å²) >= 11 is 0. The zero-order valence-corrected chi connectivity index (χ0v) is 17.2. The van der Waals surface area contributed by atoms with Crippen molar-refractivity contribution in [1.29, 1.82) is 0 Å². The minimum atomic E-state index is -1.20. The Morgan fingerprint density at radius 1 is 0.926 bits per heavy atom. The van der Waals surface area contributed by atoms with Gasteiger partial charge < -0.3 is 25.3 Å². The molecule has 0 saturated carbocycles. The summed E-state index contributed by atoms with van der Waals surface area (Å²) in [6.45, 7) is 10.3. The lowest BCUT2D eigenvalue weighted by molar-refractivity contribution is -0.156. The third-order valence-corrected chi connectivity index (χ3v) is 3.00. The van der Waals surface area contributed by atoms with Crippen molar-refractivity contribution >= 4 is 23.8 Å². The van der Waals surface area contributed by atoms with E-state index in [2.05, 4.69) is 10.1 Å². The number of esters is 3. The summed E-state index contributed by atoms with van der Waals surface area (Å²) in [5, 5.41) is 2.40. The van der Waals surface area contributed by atoms with Crippen molar-refractivity contribution in [2.45, 2.75) is 84.1 Å². The molecule has 0 aliphatic rings. The van der Waals surface area contributed by atoms with Crippen LogP contribution in [0.3, 0.4) is 0 Å². The number of nitrogens with one attached hydrogen (secondary N) is 1. The molecule has 0 aromatic heterocycles. The van der Waals surface area contributed by atoms with Crippen molar-refractivity contribution in [3.8, 4) is 0 Å². The van der Waals surface area contributed by atoms with Gasteiger partial charge in [0.1, 0.15) is 17.2 Å². The number of methoxy groups -OCH3 is 1. The summed E-state index contributed by atoms with van der Waals surface area (Å²) in [5.41, 5.74) is 4.35. The first-order chi connectivity index (χ1) is 12.1. The standard InChI is InChI=1S/C18H32N2O7/c1-17(2,3)26-13(21)9-8-12(16(24)25-7)20-15(23)11(19)10-14(22)27-18(4,5)6/h11-12H,8-10,19H2,1-7H3,(H,20,23). The van der Waals surface area contributed by atoms with Crippen LogP contribution in [0.4, 0.5) is 0 Å². The first kappa shape index (κ1) is 24.8. The Bertz CT molecular complexity index is 547. The van der Waals surface area contributed by atoms with Gasteiger partial charge >= 0.3 is 17.9 Å². The van der Waals surface area contributed by atoms with Crippen molar-refractivity contribution in [2.75, 3.05) is 7.11 Å². The van der Waals surface area contributed by atoms with Crippen LogP contribution in [0.2, 0.25) is 0 Å². The van der Waals surface area contributed by atoms with Gasteiger partial charge in [-0.05, 0) is 48.0 Å². The predicted molar refractivity (Wildman–Crippen MR) is 97.5 cm³/mol. The predicted octanol–water partition coefficient (Wildman–Crippen LogP) is 0.825. The Hall–Kier alpha value is -2.16. The van der Waals surface area contributed by atoms with Gasteiger partial charge in [-0.2, -0.15) is 0 Å². The molecule has 0 bridgehead atoms. The van der Waals surface area contributed by atoms with E-state index >= 15 is 0 Å². The van der Waals surface area contributed by atoms with Crippen molar-refractivity contribution in [2.24, 2.45) is 5.73 Å². The topological polar surface area (TPSA) is 134 Å². The average Bonchev–Trinajstić information content (AvgIpc) is 2.46. The highest BCUT2D eigenvalue weighted by Gasteiger charge is 2.28. The molecule has 0 aromatic rings. The number of ether oxygens (including phenoxy) is 3. The van der Waals surface area contributed by atoms with Gasteiger partial charge in [-0.25, -0.2) is 4.79 Å². The lowest BCUT2D eigenvalue weighted by Crippen LogP contribution is -2.50. The fourth-order valence-corrected chi connectivity index (χ4v) is 1.98. The molecule has 1 amide bonds. The Morgan fingerprint density at radius 3 is 1.85 bits per heavy atom. The quantitative estimate of drug-likeness (QED) is 0.461. The van der Waals surface area contributed by atoms with Crippen LogP contribution in [0.25, 0.3) is 0 Å². The first-order valence-electron chi connectivity index (χ1n) is 8.72. The smallest absolute Gasteiger partial charge is 0.328 e. The molecule has 0 rings (SSSR count). The number of carbonyl (C=O) groups is 4. The van der Waals surface area contributed by atoms with E-state index in [0.29, 0.717) is 0 Å². The fraction of sp³-hybridized carbons (Fsp3) is 0.778. The number of carbonyl (C=O) groups excluding carboxylic acids is 4. The molecule has 0 aliphatic heterocycles. The number of nitrogens with two attached hydrogens (primary N) is 1. The molecular weight excluding hydrogens is 356 g/mol. The molecule has 9 nitrogen and oxygen atoms in total. The molecule has 0 saturated heterocycles. The molecule has 3 N–H and O–H groups in total. The minimum absolute atomic E-state index is 0.0213. The van der Waals surface area contributed by atoms with Gasteiger partial charge in [0, 0.05) is 6.42 Å². The van der Waals surface area contributed by atoms with Gasteiger partial charge in [-0.1, -0.05) is 0 Å². The third-order valence-electron chi connectivity index (χ3n) is 3.00. The van der Waals surface area contributed by atoms with E-state index in [1.807, 2.05) is 0 Å². The monoisotopic (exact) mass is 388 g/mol. The zero-order valence-electron chi connectivity index (χ0n) is 17.2. The molecule has 0 spiro atoms. The number of rotatable bonds is 8. The van der Waals surface area contributed by atoms with Crippen LogP contribution in [0, 0.1) is 0 Å². The lowest BCUT2D eigenvalue weighted by Gasteiger charge is -2.22. The van der Waals surface area contributed by atoms with Gasteiger partial charge in [0.05, 0.1) is 19.6 Å². The Balaban J connectivity index is 4.75. The third kappa shape index (κ3) is 12.0. The highest BCUT2D eigenvalue weighted by molar-refractivity contribution is 5.90. The van der Waals surface area contributed by atoms with Gasteiger partial charge in [-0.15, -0.1) is 0 Å². The number of hydrogen-bond acceptors (Lipinski definition) is 8. The molecule has 156 valence electrons. The summed E-state index contributed by atoms with van der Waals surface area (Å²) in [6, 6.07) is -2.28. The maximum atomic E-state index is 12.2. The molecule has 27 heavy (non-hydrogen) atoms. The summed E-state index contributed by atoms with van der Waals surface area (Å²) in [7, 11) is 1.16. The Morgan fingerprint density at radius 2 is 1.41 bits per heavy atom. The van der Waals surface area contributed by atoms with Gasteiger partial charge in [0.25, 0.3) is 0 Å². The van der Waals surface area contributed by atoms with E-state index in [1.165, 1.54) is 0 Å². The second-order valence-electron chi connectivity index (χ2n) is 8.11. The van der Waals surface area contributed by atoms with E-state index < -0.39 is 47.1 Å². The van der Waals surface area contributed by atoms with E-state index in [-0.39, 0.29) is 19.3 Å². The van der Waals surface area contributed by atoms with Crippen LogP contribution in [-0.4, -0.2) is 54.2 Å². The molecule has 2 atom stereocenters. The van der Waals surface area contributed by atoms with E-state index in [9.17, 15) is 19.2 Å². The zero-order chi connectivity index (χ0) is 21.4. The second-order valence-corrected chi connectivity index (χ2v) is 8.11.